The van der Waals surface area contributed by atoms with Gasteiger partial charge in [-0.1, -0.05) is 54.8 Å². The number of ether oxygens (including phenoxy) is 1. The number of rotatable bonds is 9. The summed E-state index contributed by atoms with van der Waals surface area (Å²) in [5.74, 6) is -1.26. The van der Waals surface area contributed by atoms with Crippen LogP contribution in [0.2, 0.25) is 0 Å². The molecule has 0 aliphatic carbocycles. The van der Waals surface area contributed by atoms with Gasteiger partial charge in [0, 0.05) is 4.47 Å². The molecule has 0 aromatic heterocycles. The fraction of sp³-hybridized carbons (Fsp3) is 0.579. The van der Waals surface area contributed by atoms with Gasteiger partial charge in [0.25, 0.3) is 0 Å². The standard InChI is InChI=1S/C19H28BrNO4/c1-18(2,15(21)16(22)23)10-5-6-11-19(3,17(24)25-4)13-8-7-9-14(20)12-13/h7-9,12,15H,5-6,10-11,21H2,1-4H3,(H,22,23). The average molecular weight is 414 g/mol. The van der Waals surface area contributed by atoms with Crippen molar-refractivity contribution in [3.8, 4) is 0 Å². The van der Waals surface area contributed by atoms with E-state index in [0.717, 1.165) is 22.9 Å². The van der Waals surface area contributed by atoms with E-state index in [-0.39, 0.29) is 5.97 Å². The van der Waals surface area contributed by atoms with Crippen molar-refractivity contribution in [3.05, 3.63) is 34.3 Å². The van der Waals surface area contributed by atoms with Crippen LogP contribution in [0.1, 0.15) is 52.0 Å². The van der Waals surface area contributed by atoms with E-state index in [1.54, 1.807) is 0 Å². The highest BCUT2D eigenvalue weighted by atomic mass is 79.9. The molecule has 6 heteroatoms. The lowest BCUT2D eigenvalue weighted by Gasteiger charge is -2.30. The minimum Gasteiger partial charge on any atom is -0.480 e. The first kappa shape index (κ1) is 21.6. The highest BCUT2D eigenvalue weighted by Gasteiger charge is 2.37. The van der Waals surface area contributed by atoms with Gasteiger partial charge in [-0.2, -0.15) is 0 Å². The molecule has 1 rings (SSSR count). The van der Waals surface area contributed by atoms with Crippen molar-refractivity contribution in [1.82, 2.24) is 0 Å². The number of carboxylic acids is 1. The SMILES string of the molecule is COC(=O)C(C)(CCCCC(C)(C)C(N)C(=O)O)c1cccc(Br)c1. The van der Waals surface area contributed by atoms with Crippen LogP contribution in [0.25, 0.3) is 0 Å². The summed E-state index contributed by atoms with van der Waals surface area (Å²) in [4.78, 5) is 23.5. The molecular weight excluding hydrogens is 386 g/mol. The Morgan fingerprint density at radius 3 is 2.36 bits per heavy atom. The Kier molecular flexibility index (Phi) is 7.62. The monoisotopic (exact) mass is 413 g/mol. The van der Waals surface area contributed by atoms with Gasteiger partial charge in [-0.15, -0.1) is 0 Å². The predicted octanol–water partition coefficient (Wildman–Crippen LogP) is 3.88. The molecule has 0 spiro atoms. The van der Waals surface area contributed by atoms with E-state index in [1.165, 1.54) is 7.11 Å². The molecule has 0 aliphatic rings. The number of methoxy groups -OCH3 is 1. The van der Waals surface area contributed by atoms with E-state index in [1.807, 2.05) is 45.0 Å². The van der Waals surface area contributed by atoms with Crippen molar-refractivity contribution in [3.63, 3.8) is 0 Å². The zero-order chi connectivity index (χ0) is 19.3. The Labute approximate surface area is 158 Å². The number of carboxylic acid groups (broad SMARTS) is 1. The predicted molar refractivity (Wildman–Crippen MR) is 101 cm³/mol. The van der Waals surface area contributed by atoms with Gasteiger partial charge < -0.3 is 15.6 Å². The van der Waals surface area contributed by atoms with Crippen LogP contribution in [0.3, 0.4) is 0 Å². The summed E-state index contributed by atoms with van der Waals surface area (Å²) in [6.07, 6.45) is 2.85. The average Bonchev–Trinajstić information content (AvgIpc) is 2.56. The number of nitrogens with two attached hydrogens (primary N) is 1. The van der Waals surface area contributed by atoms with Crippen LogP contribution in [-0.2, 0) is 19.7 Å². The Morgan fingerprint density at radius 2 is 1.84 bits per heavy atom. The molecule has 1 aromatic carbocycles. The number of unbranched alkanes of at least 4 members (excludes halogenated alkanes) is 1. The maximum atomic E-state index is 12.4. The normalized spacial score (nSPS) is 15.3. The number of carbonyl (C=O) groups excluding carboxylic acids is 1. The summed E-state index contributed by atoms with van der Waals surface area (Å²) in [6, 6.07) is 6.77. The van der Waals surface area contributed by atoms with Gasteiger partial charge in [-0.05, 0) is 42.9 Å². The zero-order valence-corrected chi connectivity index (χ0v) is 16.9. The maximum absolute atomic E-state index is 12.4. The third-order valence-corrected chi connectivity index (χ3v) is 5.45. The quantitative estimate of drug-likeness (QED) is 0.473. The number of aliphatic carboxylic acids is 1. The van der Waals surface area contributed by atoms with Crippen molar-refractivity contribution >= 4 is 27.9 Å². The van der Waals surface area contributed by atoms with Crippen LogP contribution < -0.4 is 5.73 Å². The molecule has 0 heterocycles. The van der Waals surface area contributed by atoms with E-state index in [0.29, 0.717) is 12.8 Å². The molecule has 25 heavy (non-hydrogen) atoms. The Morgan fingerprint density at radius 1 is 1.24 bits per heavy atom. The fourth-order valence-corrected chi connectivity index (χ4v) is 3.37. The summed E-state index contributed by atoms with van der Waals surface area (Å²) >= 11 is 3.44. The van der Waals surface area contributed by atoms with E-state index >= 15 is 0 Å². The first-order chi connectivity index (χ1) is 11.5. The molecular formula is C19H28BrNO4. The molecule has 0 bridgehead atoms. The summed E-state index contributed by atoms with van der Waals surface area (Å²) < 4.78 is 5.94. The van der Waals surface area contributed by atoms with Gasteiger partial charge in [0.15, 0.2) is 0 Å². The van der Waals surface area contributed by atoms with Crippen LogP contribution in [0.4, 0.5) is 0 Å². The van der Waals surface area contributed by atoms with Crippen LogP contribution in [-0.4, -0.2) is 30.2 Å². The number of esters is 1. The summed E-state index contributed by atoms with van der Waals surface area (Å²) in [5.41, 5.74) is 5.42. The molecule has 2 atom stereocenters. The molecule has 0 aliphatic heterocycles. The second-order valence-electron chi connectivity index (χ2n) is 7.35. The highest BCUT2D eigenvalue weighted by molar-refractivity contribution is 9.10. The molecule has 0 radical (unpaired) electrons. The molecule has 5 nitrogen and oxygen atoms in total. The van der Waals surface area contributed by atoms with Crippen molar-refractivity contribution in [1.29, 1.82) is 0 Å². The van der Waals surface area contributed by atoms with Gasteiger partial charge in [-0.3, -0.25) is 9.59 Å². The lowest BCUT2D eigenvalue weighted by atomic mass is 9.76. The van der Waals surface area contributed by atoms with E-state index in [2.05, 4.69) is 15.9 Å². The van der Waals surface area contributed by atoms with E-state index in [4.69, 9.17) is 15.6 Å². The summed E-state index contributed by atoms with van der Waals surface area (Å²) in [7, 11) is 1.40. The molecule has 0 fully saturated rings. The topological polar surface area (TPSA) is 89.6 Å². The molecule has 1 aromatic rings. The fourth-order valence-electron chi connectivity index (χ4n) is 2.97. The van der Waals surface area contributed by atoms with Crippen molar-refractivity contribution in [2.45, 2.75) is 57.9 Å². The smallest absolute Gasteiger partial charge is 0.321 e. The van der Waals surface area contributed by atoms with Crippen LogP contribution in [0.15, 0.2) is 28.7 Å². The molecule has 0 saturated carbocycles. The second-order valence-corrected chi connectivity index (χ2v) is 8.26. The van der Waals surface area contributed by atoms with Crippen molar-refractivity contribution in [2.24, 2.45) is 11.1 Å². The number of hydrogen-bond donors (Lipinski definition) is 2. The lowest BCUT2D eigenvalue weighted by molar-refractivity contribution is -0.147. The van der Waals surface area contributed by atoms with Crippen LogP contribution >= 0.6 is 15.9 Å². The van der Waals surface area contributed by atoms with Gasteiger partial charge >= 0.3 is 11.9 Å². The van der Waals surface area contributed by atoms with Crippen LogP contribution in [0.5, 0.6) is 0 Å². The summed E-state index contributed by atoms with van der Waals surface area (Å²) in [6.45, 7) is 5.61. The highest BCUT2D eigenvalue weighted by Crippen LogP contribution is 2.34. The van der Waals surface area contributed by atoms with Crippen molar-refractivity contribution in [2.75, 3.05) is 7.11 Å². The summed E-state index contributed by atoms with van der Waals surface area (Å²) in [5, 5.41) is 9.09. The number of halogens is 1. The minimum absolute atomic E-state index is 0.271. The second kappa shape index (κ2) is 8.81. The van der Waals surface area contributed by atoms with Crippen molar-refractivity contribution < 1.29 is 19.4 Å². The maximum Gasteiger partial charge on any atom is 0.321 e. The Bertz CT molecular complexity index is 617. The largest absolute Gasteiger partial charge is 0.480 e. The Hall–Kier alpha value is -1.40. The molecule has 0 amide bonds. The molecule has 140 valence electrons. The van der Waals surface area contributed by atoms with E-state index < -0.39 is 22.8 Å². The first-order valence-electron chi connectivity index (χ1n) is 8.37. The first-order valence-corrected chi connectivity index (χ1v) is 9.17. The van der Waals surface area contributed by atoms with E-state index in [9.17, 15) is 9.59 Å². The third-order valence-electron chi connectivity index (χ3n) is 4.95. The molecule has 2 unspecified atom stereocenters. The zero-order valence-electron chi connectivity index (χ0n) is 15.3. The van der Waals surface area contributed by atoms with Gasteiger partial charge in [-0.25, -0.2) is 0 Å². The number of carbonyl (C=O) groups is 2. The van der Waals surface area contributed by atoms with Gasteiger partial charge in [0.05, 0.1) is 12.5 Å². The molecule has 0 saturated heterocycles. The number of benzene rings is 1. The Balaban J connectivity index is 2.79. The van der Waals surface area contributed by atoms with Gasteiger partial charge in [0.1, 0.15) is 6.04 Å². The minimum atomic E-state index is -0.987. The molecule has 3 N–H and O–H groups in total. The van der Waals surface area contributed by atoms with Gasteiger partial charge in [0.2, 0.25) is 0 Å². The van der Waals surface area contributed by atoms with Crippen LogP contribution in [0, 0.1) is 5.41 Å². The third kappa shape index (κ3) is 5.54. The lowest BCUT2D eigenvalue weighted by Crippen LogP contribution is -2.43. The number of hydrogen-bond acceptors (Lipinski definition) is 4.